The number of nitrogens with two attached hydrogens (primary N) is 1. The van der Waals surface area contributed by atoms with E-state index in [1.165, 1.54) is 6.08 Å². The van der Waals surface area contributed by atoms with Crippen LogP contribution in [0.15, 0.2) is 30.3 Å². The van der Waals surface area contributed by atoms with Gasteiger partial charge in [0.25, 0.3) is 0 Å². The number of amides is 1. The highest BCUT2D eigenvalue weighted by Crippen LogP contribution is 2.13. The maximum atomic E-state index is 11.7. The first kappa shape index (κ1) is 13.9. The van der Waals surface area contributed by atoms with Gasteiger partial charge in [0, 0.05) is 11.8 Å². The molecular weight excluding hydrogens is 232 g/mol. The zero-order valence-electron chi connectivity index (χ0n) is 10.3. The Bertz CT molecular complexity index is 487. The monoisotopic (exact) mass is 248 g/mol. The van der Waals surface area contributed by atoms with Gasteiger partial charge in [0.1, 0.15) is 0 Å². The lowest BCUT2D eigenvalue weighted by molar-refractivity contribution is -0.131. The normalized spacial score (nSPS) is 11.5. The first-order valence-electron chi connectivity index (χ1n) is 5.40. The van der Waals surface area contributed by atoms with Crippen molar-refractivity contribution >= 4 is 23.6 Å². The van der Waals surface area contributed by atoms with Crippen molar-refractivity contribution in [1.82, 2.24) is 0 Å². The smallest absolute Gasteiger partial charge is 0.328 e. The lowest BCUT2D eigenvalue weighted by Crippen LogP contribution is -2.45. The number of nitrogens with one attached hydrogen (secondary N) is 1. The Morgan fingerprint density at radius 3 is 2.61 bits per heavy atom. The quantitative estimate of drug-likeness (QED) is 0.703. The summed E-state index contributed by atoms with van der Waals surface area (Å²) in [6.07, 6.45) is 2.49. The number of benzene rings is 1. The first-order valence-corrected chi connectivity index (χ1v) is 5.40. The number of aliphatic carboxylic acids is 1. The largest absolute Gasteiger partial charge is 0.478 e. The predicted octanol–water partition coefficient (Wildman–Crippen LogP) is 1.46. The molecule has 18 heavy (non-hydrogen) atoms. The van der Waals surface area contributed by atoms with Crippen molar-refractivity contribution < 1.29 is 14.7 Å². The van der Waals surface area contributed by atoms with E-state index in [-0.39, 0.29) is 5.91 Å². The third-order valence-corrected chi connectivity index (χ3v) is 2.15. The van der Waals surface area contributed by atoms with E-state index in [0.717, 1.165) is 6.08 Å². The van der Waals surface area contributed by atoms with Gasteiger partial charge in [-0.1, -0.05) is 12.1 Å². The fraction of sp³-hybridized carbons (Fsp3) is 0.231. The summed E-state index contributed by atoms with van der Waals surface area (Å²) in [5, 5.41) is 11.2. The Labute approximate surface area is 105 Å². The second kappa shape index (κ2) is 5.46. The molecule has 0 bridgehead atoms. The highest BCUT2D eigenvalue weighted by atomic mass is 16.4. The van der Waals surface area contributed by atoms with Crippen LogP contribution < -0.4 is 11.1 Å². The average molecular weight is 248 g/mol. The minimum absolute atomic E-state index is 0.304. The Morgan fingerprint density at radius 1 is 1.39 bits per heavy atom. The van der Waals surface area contributed by atoms with E-state index in [2.05, 4.69) is 5.32 Å². The fourth-order valence-corrected chi connectivity index (χ4v) is 1.18. The van der Waals surface area contributed by atoms with Crippen molar-refractivity contribution in [3.05, 3.63) is 35.9 Å². The van der Waals surface area contributed by atoms with Crippen LogP contribution in [0.3, 0.4) is 0 Å². The molecule has 0 saturated heterocycles. The molecule has 0 saturated carbocycles. The van der Waals surface area contributed by atoms with Crippen LogP contribution >= 0.6 is 0 Å². The number of hydrogen-bond donors (Lipinski definition) is 3. The summed E-state index contributed by atoms with van der Waals surface area (Å²) < 4.78 is 0. The van der Waals surface area contributed by atoms with E-state index in [4.69, 9.17) is 10.8 Å². The first-order chi connectivity index (χ1) is 8.29. The van der Waals surface area contributed by atoms with Crippen molar-refractivity contribution in [2.24, 2.45) is 5.73 Å². The lowest BCUT2D eigenvalue weighted by Gasteiger charge is -2.17. The molecular formula is C13H16N2O3. The second-order valence-corrected chi connectivity index (χ2v) is 4.47. The molecule has 1 aromatic rings. The van der Waals surface area contributed by atoms with Gasteiger partial charge in [0.2, 0.25) is 5.91 Å². The SMILES string of the molecule is CC(C)(N)C(=O)Nc1cccc(/C=C/C(=O)O)c1. The number of rotatable bonds is 4. The number of hydrogen-bond acceptors (Lipinski definition) is 3. The van der Waals surface area contributed by atoms with Gasteiger partial charge in [-0.15, -0.1) is 0 Å². The molecule has 1 rings (SSSR count). The minimum atomic E-state index is -1.02. The highest BCUT2D eigenvalue weighted by Gasteiger charge is 2.21. The summed E-state index contributed by atoms with van der Waals surface area (Å²) in [5.41, 5.74) is 5.95. The molecule has 0 radical (unpaired) electrons. The van der Waals surface area contributed by atoms with Crippen LogP contribution in [0.5, 0.6) is 0 Å². The molecule has 1 aromatic carbocycles. The topological polar surface area (TPSA) is 92.4 Å². The van der Waals surface area contributed by atoms with Crippen LogP contribution in [0.25, 0.3) is 6.08 Å². The van der Waals surface area contributed by atoms with Crippen LogP contribution in [0.4, 0.5) is 5.69 Å². The predicted molar refractivity (Wildman–Crippen MR) is 70.0 cm³/mol. The zero-order valence-corrected chi connectivity index (χ0v) is 10.3. The molecule has 4 N–H and O–H groups in total. The Hall–Kier alpha value is -2.14. The van der Waals surface area contributed by atoms with E-state index in [0.29, 0.717) is 11.3 Å². The van der Waals surface area contributed by atoms with Gasteiger partial charge in [0.15, 0.2) is 0 Å². The summed E-state index contributed by atoms with van der Waals surface area (Å²) in [6.45, 7) is 3.22. The van der Waals surface area contributed by atoms with Gasteiger partial charge >= 0.3 is 5.97 Å². The maximum absolute atomic E-state index is 11.7. The van der Waals surface area contributed by atoms with Crippen LogP contribution in [-0.4, -0.2) is 22.5 Å². The number of carbonyl (C=O) groups is 2. The van der Waals surface area contributed by atoms with Gasteiger partial charge in [-0.25, -0.2) is 4.79 Å². The molecule has 0 aliphatic heterocycles. The van der Waals surface area contributed by atoms with Crippen LogP contribution in [0, 0.1) is 0 Å². The maximum Gasteiger partial charge on any atom is 0.328 e. The Balaban J connectivity index is 2.83. The van der Waals surface area contributed by atoms with Crippen LogP contribution in [-0.2, 0) is 9.59 Å². The third-order valence-electron chi connectivity index (χ3n) is 2.15. The van der Waals surface area contributed by atoms with Crippen molar-refractivity contribution in [3.63, 3.8) is 0 Å². The van der Waals surface area contributed by atoms with Crippen LogP contribution in [0.1, 0.15) is 19.4 Å². The molecule has 5 nitrogen and oxygen atoms in total. The van der Waals surface area contributed by atoms with Gasteiger partial charge in [-0.2, -0.15) is 0 Å². The standard InChI is InChI=1S/C13H16N2O3/c1-13(2,14)12(18)15-10-5-3-4-9(8-10)6-7-11(16)17/h3-8H,14H2,1-2H3,(H,15,18)(H,16,17)/b7-6+. The van der Waals surface area contributed by atoms with Crippen molar-refractivity contribution in [1.29, 1.82) is 0 Å². The van der Waals surface area contributed by atoms with E-state index < -0.39 is 11.5 Å². The molecule has 0 atom stereocenters. The highest BCUT2D eigenvalue weighted by molar-refractivity contribution is 5.97. The summed E-state index contributed by atoms with van der Waals surface area (Å²) in [4.78, 5) is 22.1. The van der Waals surface area contributed by atoms with Crippen molar-refractivity contribution in [3.8, 4) is 0 Å². The fourth-order valence-electron chi connectivity index (χ4n) is 1.18. The van der Waals surface area contributed by atoms with Crippen molar-refractivity contribution in [2.75, 3.05) is 5.32 Å². The zero-order chi connectivity index (χ0) is 13.8. The molecule has 1 amide bonds. The third kappa shape index (κ3) is 4.39. The average Bonchev–Trinajstić information content (AvgIpc) is 2.25. The summed E-state index contributed by atoms with van der Waals surface area (Å²) in [6, 6.07) is 6.84. The van der Waals surface area contributed by atoms with E-state index in [1.807, 2.05) is 0 Å². The van der Waals surface area contributed by atoms with Gasteiger partial charge < -0.3 is 16.2 Å². The number of anilines is 1. The molecule has 0 fully saturated rings. The number of carboxylic acids is 1. The summed E-state index contributed by atoms with van der Waals surface area (Å²) in [7, 11) is 0. The Morgan fingerprint density at radius 2 is 2.06 bits per heavy atom. The molecule has 0 aliphatic carbocycles. The van der Waals surface area contributed by atoms with Gasteiger partial charge in [0.05, 0.1) is 5.54 Å². The summed E-state index contributed by atoms with van der Waals surface area (Å²) >= 11 is 0. The van der Waals surface area contributed by atoms with Gasteiger partial charge in [-0.05, 0) is 37.6 Å². The van der Waals surface area contributed by atoms with Gasteiger partial charge in [-0.3, -0.25) is 4.79 Å². The van der Waals surface area contributed by atoms with E-state index in [1.54, 1.807) is 38.1 Å². The number of carbonyl (C=O) groups excluding carboxylic acids is 1. The van der Waals surface area contributed by atoms with E-state index >= 15 is 0 Å². The van der Waals surface area contributed by atoms with Crippen molar-refractivity contribution in [2.45, 2.75) is 19.4 Å². The molecule has 0 unspecified atom stereocenters. The molecule has 0 aromatic heterocycles. The molecule has 5 heteroatoms. The molecule has 0 heterocycles. The molecule has 0 aliphatic rings. The van der Waals surface area contributed by atoms with Crippen LogP contribution in [0.2, 0.25) is 0 Å². The Kier molecular flexibility index (Phi) is 4.23. The minimum Gasteiger partial charge on any atom is -0.478 e. The number of carboxylic acid groups (broad SMARTS) is 1. The molecule has 96 valence electrons. The molecule has 0 spiro atoms. The summed E-state index contributed by atoms with van der Waals surface area (Å²) in [5.74, 6) is -1.32. The lowest BCUT2D eigenvalue weighted by atomic mass is 10.1. The van der Waals surface area contributed by atoms with E-state index in [9.17, 15) is 9.59 Å². The second-order valence-electron chi connectivity index (χ2n) is 4.47.